The Bertz CT molecular complexity index is 1060. The molecular formula is C19H13ClFN3S. The molecule has 0 aliphatic rings. The minimum absolute atomic E-state index is 0.255. The van der Waals surface area contributed by atoms with Gasteiger partial charge in [-0.2, -0.15) is 0 Å². The largest absolute Gasteiger partial charge is 0.339 e. The van der Waals surface area contributed by atoms with Gasteiger partial charge in [-0.05, 0) is 48.4 Å². The normalized spacial score (nSPS) is 11.0. The van der Waals surface area contributed by atoms with Crippen molar-refractivity contribution in [1.29, 1.82) is 0 Å². The second kappa shape index (κ2) is 6.43. The maximum atomic E-state index is 13.2. The molecule has 0 saturated carbocycles. The summed E-state index contributed by atoms with van der Waals surface area (Å²) in [6, 6.07) is 12.1. The molecule has 0 aliphatic carbocycles. The van der Waals surface area contributed by atoms with Crippen molar-refractivity contribution in [2.24, 2.45) is 0 Å². The Labute approximate surface area is 153 Å². The Morgan fingerprint density at radius 3 is 2.64 bits per heavy atom. The van der Waals surface area contributed by atoms with Crippen LogP contribution < -0.4 is 5.32 Å². The number of aryl methyl sites for hydroxylation is 1. The third kappa shape index (κ3) is 3.08. The molecule has 0 atom stereocenters. The van der Waals surface area contributed by atoms with Crippen LogP contribution in [0.3, 0.4) is 0 Å². The van der Waals surface area contributed by atoms with E-state index in [2.05, 4.69) is 15.3 Å². The lowest BCUT2D eigenvalue weighted by atomic mass is 10.1. The van der Waals surface area contributed by atoms with E-state index >= 15 is 0 Å². The first-order valence-corrected chi connectivity index (χ1v) is 8.89. The smallest absolute Gasteiger partial charge is 0.143 e. The number of rotatable bonds is 3. The summed E-state index contributed by atoms with van der Waals surface area (Å²) in [5, 5.41) is 7.01. The maximum Gasteiger partial charge on any atom is 0.143 e. The quantitative estimate of drug-likeness (QED) is 0.467. The number of benzene rings is 2. The van der Waals surface area contributed by atoms with E-state index in [-0.39, 0.29) is 5.82 Å². The summed E-state index contributed by atoms with van der Waals surface area (Å²) in [5.41, 5.74) is 3.87. The van der Waals surface area contributed by atoms with Crippen molar-refractivity contribution in [3.63, 3.8) is 0 Å². The first kappa shape index (κ1) is 16.0. The van der Waals surface area contributed by atoms with E-state index in [9.17, 15) is 4.39 Å². The van der Waals surface area contributed by atoms with Crippen molar-refractivity contribution >= 4 is 44.7 Å². The Kier molecular flexibility index (Phi) is 4.11. The number of fused-ring (bicyclic) bond motifs is 1. The Balaban J connectivity index is 1.84. The second-order valence-electron chi connectivity index (χ2n) is 5.64. The highest BCUT2D eigenvalue weighted by molar-refractivity contribution is 7.17. The fourth-order valence-corrected chi connectivity index (χ4v) is 3.85. The molecule has 124 valence electrons. The molecule has 1 N–H and O–H groups in total. The van der Waals surface area contributed by atoms with E-state index < -0.39 is 0 Å². The lowest BCUT2D eigenvalue weighted by Gasteiger charge is -2.11. The highest BCUT2D eigenvalue weighted by Gasteiger charge is 2.14. The molecule has 6 heteroatoms. The predicted octanol–water partition coefficient (Wildman–Crippen LogP) is 6.20. The summed E-state index contributed by atoms with van der Waals surface area (Å²) in [4.78, 5) is 9.65. The van der Waals surface area contributed by atoms with Gasteiger partial charge < -0.3 is 5.32 Å². The van der Waals surface area contributed by atoms with Crippen LogP contribution in [0.2, 0.25) is 5.02 Å². The topological polar surface area (TPSA) is 37.8 Å². The Morgan fingerprint density at radius 2 is 1.88 bits per heavy atom. The van der Waals surface area contributed by atoms with Gasteiger partial charge in [0.2, 0.25) is 0 Å². The molecule has 0 unspecified atom stereocenters. The van der Waals surface area contributed by atoms with Gasteiger partial charge >= 0.3 is 0 Å². The molecule has 0 aliphatic heterocycles. The lowest BCUT2D eigenvalue weighted by Crippen LogP contribution is -1.97. The van der Waals surface area contributed by atoms with E-state index in [4.69, 9.17) is 11.6 Å². The highest BCUT2D eigenvalue weighted by atomic mass is 35.5. The predicted molar refractivity (Wildman–Crippen MR) is 102 cm³/mol. The number of nitrogens with one attached hydrogen (secondary N) is 1. The molecule has 0 fully saturated rings. The molecule has 0 radical (unpaired) electrons. The van der Waals surface area contributed by atoms with Crippen LogP contribution in [0.4, 0.5) is 15.9 Å². The monoisotopic (exact) mass is 369 g/mol. The van der Waals surface area contributed by atoms with Gasteiger partial charge in [0.15, 0.2) is 0 Å². The third-order valence-corrected chi connectivity index (χ3v) is 5.09. The van der Waals surface area contributed by atoms with E-state index in [1.807, 2.05) is 30.5 Å². The van der Waals surface area contributed by atoms with Crippen LogP contribution in [0.15, 0.2) is 54.2 Å². The SMILES string of the molecule is Cc1cc(Cl)ccc1Nc1ncnc2scc(-c3ccc(F)cc3)c12. The molecule has 0 spiro atoms. The number of hydrogen-bond donors (Lipinski definition) is 1. The Morgan fingerprint density at radius 1 is 1.08 bits per heavy atom. The van der Waals surface area contributed by atoms with Crippen molar-refractivity contribution in [3.05, 3.63) is 70.6 Å². The van der Waals surface area contributed by atoms with Crippen molar-refractivity contribution in [2.45, 2.75) is 6.92 Å². The van der Waals surface area contributed by atoms with Crippen LogP contribution in [0, 0.1) is 12.7 Å². The van der Waals surface area contributed by atoms with Gasteiger partial charge in [0.25, 0.3) is 0 Å². The third-order valence-electron chi connectivity index (χ3n) is 3.97. The van der Waals surface area contributed by atoms with Gasteiger partial charge in [0.05, 0.1) is 5.39 Å². The fourth-order valence-electron chi connectivity index (χ4n) is 2.71. The zero-order chi connectivity index (χ0) is 17.4. The minimum atomic E-state index is -0.255. The molecule has 2 heterocycles. The van der Waals surface area contributed by atoms with Crippen molar-refractivity contribution in [2.75, 3.05) is 5.32 Å². The molecule has 4 aromatic rings. The number of hydrogen-bond acceptors (Lipinski definition) is 4. The van der Waals surface area contributed by atoms with Gasteiger partial charge in [0.1, 0.15) is 22.8 Å². The van der Waals surface area contributed by atoms with Gasteiger partial charge in [-0.3, -0.25) is 0 Å². The summed E-state index contributed by atoms with van der Waals surface area (Å²) in [5.74, 6) is 0.464. The van der Waals surface area contributed by atoms with Crippen LogP contribution in [0.1, 0.15) is 5.56 Å². The summed E-state index contributed by atoms with van der Waals surface area (Å²) >= 11 is 7.57. The van der Waals surface area contributed by atoms with Crippen LogP contribution in [-0.4, -0.2) is 9.97 Å². The molecule has 0 amide bonds. The van der Waals surface area contributed by atoms with Crippen molar-refractivity contribution in [1.82, 2.24) is 9.97 Å². The molecule has 0 saturated heterocycles. The molecule has 2 aromatic carbocycles. The van der Waals surface area contributed by atoms with Crippen LogP contribution >= 0.6 is 22.9 Å². The minimum Gasteiger partial charge on any atom is -0.339 e. The molecule has 25 heavy (non-hydrogen) atoms. The van der Waals surface area contributed by atoms with Gasteiger partial charge in [-0.25, -0.2) is 14.4 Å². The summed E-state index contributed by atoms with van der Waals surface area (Å²) in [7, 11) is 0. The number of anilines is 2. The average molecular weight is 370 g/mol. The standard InChI is InChI=1S/C19H13ClFN3S/c1-11-8-13(20)4-7-16(11)24-18-17-15(9-25-19(17)23-10-22-18)12-2-5-14(21)6-3-12/h2-10H,1H3,(H,22,23,24). The molecule has 0 bridgehead atoms. The first-order chi connectivity index (χ1) is 12.1. The van der Waals surface area contributed by atoms with Crippen molar-refractivity contribution < 1.29 is 4.39 Å². The highest BCUT2D eigenvalue weighted by Crippen LogP contribution is 2.37. The van der Waals surface area contributed by atoms with Gasteiger partial charge in [-0.15, -0.1) is 11.3 Å². The summed E-state index contributed by atoms with van der Waals surface area (Å²) in [6.07, 6.45) is 1.54. The number of nitrogens with zero attached hydrogens (tertiary/aromatic N) is 2. The summed E-state index contributed by atoms with van der Waals surface area (Å²) in [6.45, 7) is 1.99. The molecular weight excluding hydrogens is 357 g/mol. The molecule has 4 rings (SSSR count). The lowest BCUT2D eigenvalue weighted by molar-refractivity contribution is 0.628. The number of aromatic nitrogens is 2. The van der Waals surface area contributed by atoms with E-state index in [0.29, 0.717) is 5.02 Å². The second-order valence-corrected chi connectivity index (χ2v) is 6.94. The van der Waals surface area contributed by atoms with Gasteiger partial charge in [0, 0.05) is 21.7 Å². The maximum absolute atomic E-state index is 13.2. The Hall–Kier alpha value is -2.50. The first-order valence-electron chi connectivity index (χ1n) is 7.63. The van der Waals surface area contributed by atoms with Crippen LogP contribution in [0.25, 0.3) is 21.3 Å². The average Bonchev–Trinajstić information content (AvgIpc) is 3.03. The number of thiophene rings is 1. The van der Waals surface area contributed by atoms with Crippen LogP contribution in [0.5, 0.6) is 0 Å². The fraction of sp³-hybridized carbons (Fsp3) is 0.0526. The summed E-state index contributed by atoms with van der Waals surface area (Å²) < 4.78 is 13.2. The molecule has 3 nitrogen and oxygen atoms in total. The van der Waals surface area contributed by atoms with E-state index in [0.717, 1.165) is 38.4 Å². The van der Waals surface area contributed by atoms with Crippen molar-refractivity contribution in [3.8, 4) is 11.1 Å². The van der Waals surface area contributed by atoms with Gasteiger partial charge in [-0.1, -0.05) is 23.7 Å². The van der Waals surface area contributed by atoms with E-state index in [1.54, 1.807) is 18.5 Å². The molecule has 2 aromatic heterocycles. The van der Waals surface area contributed by atoms with Crippen LogP contribution in [-0.2, 0) is 0 Å². The zero-order valence-corrected chi connectivity index (χ0v) is 14.8. The number of halogens is 2. The zero-order valence-electron chi connectivity index (χ0n) is 13.3. The van der Waals surface area contributed by atoms with E-state index in [1.165, 1.54) is 23.5 Å².